The molecule has 152 valence electrons. The second kappa shape index (κ2) is 8.82. The van der Waals surface area contributed by atoms with Gasteiger partial charge in [0.25, 0.3) is 11.7 Å². The van der Waals surface area contributed by atoms with Crippen molar-refractivity contribution in [2.75, 3.05) is 20.8 Å². The van der Waals surface area contributed by atoms with E-state index in [4.69, 9.17) is 9.47 Å². The van der Waals surface area contributed by atoms with Gasteiger partial charge in [-0.15, -0.1) is 0 Å². The summed E-state index contributed by atoms with van der Waals surface area (Å²) in [7, 11) is 3.00. The molecule has 1 unspecified atom stereocenters. The van der Waals surface area contributed by atoms with E-state index in [0.29, 0.717) is 23.6 Å². The van der Waals surface area contributed by atoms with Gasteiger partial charge in [-0.1, -0.05) is 43.7 Å². The lowest BCUT2D eigenvalue weighted by molar-refractivity contribution is -0.139. The molecule has 0 spiro atoms. The Kier molecular flexibility index (Phi) is 6.22. The van der Waals surface area contributed by atoms with E-state index in [1.807, 2.05) is 37.3 Å². The van der Waals surface area contributed by atoms with Crippen molar-refractivity contribution >= 4 is 17.4 Å². The molecule has 29 heavy (non-hydrogen) atoms. The smallest absolute Gasteiger partial charge is 0.295 e. The standard InChI is InChI=1S/C23H25NO5/c1-4-5-13-24-20(15-9-7-6-8-10-15)19(22(26)23(24)27)21(25)17-12-11-16(28-2)14-18(17)29-3/h6-12,14,20,25H,4-5,13H2,1-3H3/b21-19-. The number of Topliss-reactive ketones (excluding diaryl/α,β-unsaturated/α-hetero) is 1. The normalized spacial score (nSPS) is 18.2. The second-order valence-corrected chi connectivity index (χ2v) is 6.82. The molecule has 0 aliphatic carbocycles. The fraction of sp³-hybridized carbons (Fsp3) is 0.304. The topological polar surface area (TPSA) is 76.1 Å². The molecular weight excluding hydrogens is 370 g/mol. The van der Waals surface area contributed by atoms with Crippen LogP contribution in [0.25, 0.3) is 5.76 Å². The highest BCUT2D eigenvalue weighted by Crippen LogP contribution is 2.41. The molecule has 1 heterocycles. The van der Waals surface area contributed by atoms with Crippen molar-refractivity contribution in [3.63, 3.8) is 0 Å². The summed E-state index contributed by atoms with van der Waals surface area (Å²) in [5.74, 6) is -0.628. The van der Waals surface area contributed by atoms with Crippen LogP contribution in [-0.4, -0.2) is 42.5 Å². The SMILES string of the molecule is CCCCN1C(=O)C(=O)/C(=C(\O)c2ccc(OC)cc2OC)C1c1ccccc1. The molecule has 3 rings (SSSR count). The molecule has 2 aromatic rings. The summed E-state index contributed by atoms with van der Waals surface area (Å²) >= 11 is 0. The van der Waals surface area contributed by atoms with Crippen molar-refractivity contribution in [3.8, 4) is 11.5 Å². The number of ether oxygens (including phenoxy) is 2. The average molecular weight is 395 g/mol. The number of hydrogen-bond donors (Lipinski definition) is 1. The molecule has 0 aromatic heterocycles. The number of rotatable bonds is 7. The van der Waals surface area contributed by atoms with Gasteiger partial charge in [0, 0.05) is 12.6 Å². The highest BCUT2D eigenvalue weighted by Gasteiger charge is 2.45. The first-order valence-corrected chi connectivity index (χ1v) is 9.59. The largest absolute Gasteiger partial charge is 0.507 e. The van der Waals surface area contributed by atoms with Gasteiger partial charge in [0.1, 0.15) is 17.3 Å². The van der Waals surface area contributed by atoms with E-state index < -0.39 is 17.7 Å². The third-order valence-electron chi connectivity index (χ3n) is 5.07. The Labute approximate surface area is 170 Å². The molecule has 1 fully saturated rings. The van der Waals surface area contributed by atoms with Crippen molar-refractivity contribution in [2.24, 2.45) is 0 Å². The third kappa shape index (κ3) is 3.83. The summed E-state index contributed by atoms with van der Waals surface area (Å²) in [4.78, 5) is 27.2. The summed E-state index contributed by atoms with van der Waals surface area (Å²) in [6, 6.07) is 13.5. The molecular formula is C23H25NO5. The number of likely N-dealkylation sites (tertiary alicyclic amines) is 1. The monoisotopic (exact) mass is 395 g/mol. The maximum Gasteiger partial charge on any atom is 0.295 e. The number of ketones is 1. The Morgan fingerprint density at radius 3 is 2.41 bits per heavy atom. The zero-order valence-electron chi connectivity index (χ0n) is 16.8. The van der Waals surface area contributed by atoms with Crippen LogP contribution in [-0.2, 0) is 9.59 Å². The van der Waals surface area contributed by atoms with Crippen LogP contribution in [0.5, 0.6) is 11.5 Å². The van der Waals surface area contributed by atoms with Gasteiger partial charge in [0.15, 0.2) is 0 Å². The summed E-state index contributed by atoms with van der Waals surface area (Å²) in [6.07, 6.45) is 1.65. The lowest BCUT2D eigenvalue weighted by Gasteiger charge is -2.25. The Morgan fingerprint density at radius 1 is 1.07 bits per heavy atom. The number of methoxy groups -OCH3 is 2. The number of nitrogens with zero attached hydrogens (tertiary/aromatic N) is 1. The lowest BCUT2D eigenvalue weighted by Crippen LogP contribution is -2.30. The van der Waals surface area contributed by atoms with Crippen LogP contribution in [0.2, 0.25) is 0 Å². The van der Waals surface area contributed by atoms with Gasteiger partial charge < -0.3 is 19.5 Å². The molecule has 1 atom stereocenters. The Balaban J connectivity index is 2.18. The van der Waals surface area contributed by atoms with Crippen LogP contribution in [0.3, 0.4) is 0 Å². The maximum atomic E-state index is 12.9. The third-order valence-corrected chi connectivity index (χ3v) is 5.07. The van der Waals surface area contributed by atoms with E-state index in [0.717, 1.165) is 18.4 Å². The number of carbonyl (C=O) groups excluding carboxylic acids is 2. The number of hydrogen-bond acceptors (Lipinski definition) is 5. The van der Waals surface area contributed by atoms with Crippen molar-refractivity contribution in [3.05, 3.63) is 65.2 Å². The van der Waals surface area contributed by atoms with Gasteiger partial charge in [-0.05, 0) is 24.1 Å². The summed E-state index contributed by atoms with van der Waals surface area (Å²) in [6.45, 7) is 2.47. The average Bonchev–Trinajstić information content (AvgIpc) is 3.02. The first-order valence-electron chi connectivity index (χ1n) is 9.59. The van der Waals surface area contributed by atoms with Crippen LogP contribution < -0.4 is 9.47 Å². The molecule has 1 saturated heterocycles. The molecule has 1 N–H and O–H groups in total. The molecule has 6 heteroatoms. The minimum Gasteiger partial charge on any atom is -0.507 e. The van der Waals surface area contributed by atoms with Gasteiger partial charge in [0.05, 0.1) is 31.4 Å². The van der Waals surface area contributed by atoms with Crippen LogP contribution in [0, 0.1) is 0 Å². The first kappa shape index (κ1) is 20.5. The summed E-state index contributed by atoms with van der Waals surface area (Å²) in [5.41, 5.74) is 1.18. The minimum atomic E-state index is -0.690. The molecule has 2 aromatic carbocycles. The van der Waals surface area contributed by atoms with Gasteiger partial charge in [-0.3, -0.25) is 9.59 Å². The van der Waals surface area contributed by atoms with E-state index in [-0.39, 0.29) is 11.3 Å². The van der Waals surface area contributed by atoms with Crippen molar-refractivity contribution < 1.29 is 24.2 Å². The molecule has 0 saturated carbocycles. The van der Waals surface area contributed by atoms with Gasteiger partial charge in [-0.25, -0.2) is 0 Å². The predicted molar refractivity (Wildman–Crippen MR) is 110 cm³/mol. The fourth-order valence-electron chi connectivity index (χ4n) is 3.56. The number of aliphatic hydroxyl groups excluding tert-OH is 1. The molecule has 0 radical (unpaired) electrons. The molecule has 1 aliphatic rings. The lowest BCUT2D eigenvalue weighted by atomic mass is 9.95. The van der Waals surface area contributed by atoms with E-state index in [1.165, 1.54) is 14.2 Å². The maximum absolute atomic E-state index is 12.9. The number of aliphatic hydroxyl groups is 1. The zero-order valence-corrected chi connectivity index (χ0v) is 16.8. The number of carbonyl (C=O) groups is 2. The summed E-state index contributed by atoms with van der Waals surface area (Å²) in [5, 5.41) is 11.1. The van der Waals surface area contributed by atoms with Crippen LogP contribution in [0.1, 0.15) is 36.9 Å². The molecule has 6 nitrogen and oxygen atoms in total. The first-order chi connectivity index (χ1) is 14.0. The Bertz CT molecular complexity index is 936. The van der Waals surface area contributed by atoms with Gasteiger partial charge in [0.2, 0.25) is 0 Å². The molecule has 1 amide bonds. The highest BCUT2D eigenvalue weighted by molar-refractivity contribution is 6.46. The quantitative estimate of drug-likeness (QED) is 0.437. The predicted octanol–water partition coefficient (Wildman–Crippen LogP) is 3.93. The van der Waals surface area contributed by atoms with Crippen molar-refractivity contribution in [1.29, 1.82) is 0 Å². The van der Waals surface area contributed by atoms with E-state index in [9.17, 15) is 14.7 Å². The highest BCUT2D eigenvalue weighted by atomic mass is 16.5. The Hall–Kier alpha value is -3.28. The van der Waals surface area contributed by atoms with Gasteiger partial charge in [-0.2, -0.15) is 0 Å². The second-order valence-electron chi connectivity index (χ2n) is 6.82. The number of unbranched alkanes of at least 4 members (excludes halogenated alkanes) is 1. The van der Waals surface area contributed by atoms with Crippen molar-refractivity contribution in [2.45, 2.75) is 25.8 Å². The van der Waals surface area contributed by atoms with E-state index in [2.05, 4.69) is 0 Å². The van der Waals surface area contributed by atoms with Gasteiger partial charge >= 0.3 is 0 Å². The van der Waals surface area contributed by atoms with Crippen LogP contribution in [0.15, 0.2) is 54.1 Å². The molecule has 0 bridgehead atoms. The zero-order chi connectivity index (χ0) is 21.0. The van der Waals surface area contributed by atoms with Crippen LogP contribution >= 0.6 is 0 Å². The molecule has 1 aliphatic heterocycles. The number of amides is 1. The van der Waals surface area contributed by atoms with E-state index in [1.54, 1.807) is 23.1 Å². The van der Waals surface area contributed by atoms with Crippen LogP contribution in [0.4, 0.5) is 0 Å². The minimum absolute atomic E-state index is 0.0702. The Morgan fingerprint density at radius 2 is 1.79 bits per heavy atom. The fourth-order valence-corrected chi connectivity index (χ4v) is 3.56. The number of benzene rings is 2. The van der Waals surface area contributed by atoms with Crippen molar-refractivity contribution in [1.82, 2.24) is 4.90 Å². The van der Waals surface area contributed by atoms with E-state index >= 15 is 0 Å². The summed E-state index contributed by atoms with van der Waals surface area (Å²) < 4.78 is 10.6.